The number of cyclic esters (lactones) is 1. The summed E-state index contributed by atoms with van der Waals surface area (Å²) in [5.41, 5.74) is 1.04. The number of fused-ring (bicyclic) bond motifs is 1. The van der Waals surface area contributed by atoms with Crippen LogP contribution in [0.25, 0.3) is 0 Å². The molecule has 0 unspecified atom stereocenters. The highest BCUT2D eigenvalue weighted by Crippen LogP contribution is 2.33. The van der Waals surface area contributed by atoms with E-state index in [1.54, 1.807) is 18.2 Å². The van der Waals surface area contributed by atoms with Crippen LogP contribution in [0.1, 0.15) is 6.42 Å². The molecule has 0 aliphatic carbocycles. The second kappa shape index (κ2) is 6.29. The molecule has 1 fully saturated rings. The van der Waals surface area contributed by atoms with Gasteiger partial charge in [0.15, 0.2) is 6.61 Å². The van der Waals surface area contributed by atoms with Crippen molar-refractivity contribution in [1.82, 2.24) is 0 Å². The Bertz CT molecular complexity index is 777. The predicted molar refractivity (Wildman–Crippen MR) is 83.6 cm³/mol. The fourth-order valence-electron chi connectivity index (χ4n) is 2.45. The molecule has 1 atom stereocenters. The molecular weight excluding hydrogens is 340 g/mol. The quantitative estimate of drug-likeness (QED) is 0.773. The molecule has 2 aliphatic heterocycles. The Morgan fingerprint density at radius 3 is 2.92 bits per heavy atom. The van der Waals surface area contributed by atoms with Crippen LogP contribution in [0.4, 0.5) is 16.2 Å². The van der Waals surface area contributed by atoms with Crippen LogP contribution < -0.4 is 15.0 Å². The molecule has 0 radical (unpaired) electrons. The van der Waals surface area contributed by atoms with Crippen LogP contribution in [-0.2, 0) is 23.8 Å². The first kappa shape index (κ1) is 16.5. The summed E-state index contributed by atoms with van der Waals surface area (Å²) < 4.78 is 37.0. The number of carbonyl (C=O) groups excluding carboxylic acids is 2. The highest BCUT2D eigenvalue weighted by atomic mass is 32.2. The van der Waals surface area contributed by atoms with Crippen LogP contribution in [0, 0.1) is 0 Å². The molecule has 10 heteroatoms. The number of anilines is 2. The lowest BCUT2D eigenvalue weighted by Crippen LogP contribution is -2.27. The van der Waals surface area contributed by atoms with Crippen LogP contribution in [0.15, 0.2) is 18.2 Å². The first-order valence-corrected chi connectivity index (χ1v) is 9.03. The van der Waals surface area contributed by atoms with Gasteiger partial charge in [-0.05, 0) is 18.2 Å². The van der Waals surface area contributed by atoms with Crippen molar-refractivity contribution in [2.24, 2.45) is 0 Å². The summed E-state index contributed by atoms with van der Waals surface area (Å²) in [5, 5.41) is 2.67. The second-order valence-electron chi connectivity index (χ2n) is 5.45. The van der Waals surface area contributed by atoms with Crippen LogP contribution in [0.5, 0.6) is 5.75 Å². The molecule has 2 aliphatic rings. The minimum Gasteiger partial charge on any atom is -0.482 e. The maximum Gasteiger partial charge on any atom is 0.414 e. The van der Waals surface area contributed by atoms with E-state index in [1.165, 1.54) is 4.90 Å². The molecule has 2 heterocycles. The lowest BCUT2D eigenvalue weighted by atomic mass is 10.2. The number of carbonyl (C=O) groups is 2. The second-order valence-corrected chi connectivity index (χ2v) is 7.09. The highest BCUT2D eigenvalue weighted by Gasteiger charge is 2.33. The van der Waals surface area contributed by atoms with Crippen molar-refractivity contribution in [3.05, 3.63) is 18.2 Å². The van der Waals surface area contributed by atoms with E-state index in [2.05, 4.69) is 9.50 Å². The topological polar surface area (TPSA) is 111 Å². The zero-order valence-corrected chi connectivity index (χ0v) is 13.7. The number of benzene rings is 1. The Morgan fingerprint density at radius 2 is 2.17 bits per heavy atom. The van der Waals surface area contributed by atoms with Gasteiger partial charge in [0.25, 0.3) is 16.0 Å². The monoisotopic (exact) mass is 356 g/mol. The molecule has 130 valence electrons. The van der Waals surface area contributed by atoms with Gasteiger partial charge in [-0.1, -0.05) is 0 Å². The number of hydrogen-bond acceptors (Lipinski definition) is 7. The molecular formula is C14H16N2O7S. The van der Waals surface area contributed by atoms with Crippen molar-refractivity contribution in [3.8, 4) is 5.75 Å². The zero-order valence-electron chi connectivity index (χ0n) is 12.9. The van der Waals surface area contributed by atoms with Gasteiger partial charge in [-0.2, -0.15) is 8.42 Å². The SMILES string of the molecule is CS(=O)(=O)OCC[C@H]1CN(c2ccc3c(c2)NC(=O)CO3)C(=O)O1. The molecule has 1 N–H and O–H groups in total. The van der Waals surface area contributed by atoms with Crippen molar-refractivity contribution in [2.45, 2.75) is 12.5 Å². The van der Waals surface area contributed by atoms with Gasteiger partial charge in [0.2, 0.25) is 0 Å². The molecule has 1 aromatic carbocycles. The van der Waals surface area contributed by atoms with Gasteiger partial charge in [0, 0.05) is 12.1 Å². The molecule has 9 nitrogen and oxygen atoms in total. The number of amides is 2. The Balaban J connectivity index is 1.66. The van der Waals surface area contributed by atoms with E-state index in [9.17, 15) is 18.0 Å². The van der Waals surface area contributed by atoms with Crippen LogP contribution in [0.3, 0.4) is 0 Å². The van der Waals surface area contributed by atoms with Gasteiger partial charge in [0.05, 0.1) is 25.1 Å². The third-order valence-electron chi connectivity index (χ3n) is 3.52. The van der Waals surface area contributed by atoms with Crippen molar-refractivity contribution >= 4 is 33.5 Å². The molecule has 24 heavy (non-hydrogen) atoms. The number of rotatable bonds is 5. The molecule has 0 bridgehead atoms. The number of nitrogens with one attached hydrogen (secondary N) is 1. The Hall–Kier alpha value is -2.33. The lowest BCUT2D eigenvalue weighted by Gasteiger charge is -2.20. The Labute approximate surface area is 138 Å². The maximum absolute atomic E-state index is 12.0. The Morgan fingerprint density at radius 1 is 1.38 bits per heavy atom. The van der Waals surface area contributed by atoms with E-state index in [-0.39, 0.29) is 32.1 Å². The molecule has 1 saturated heterocycles. The smallest absolute Gasteiger partial charge is 0.414 e. The predicted octanol–water partition coefficient (Wildman–Crippen LogP) is 0.709. The van der Waals surface area contributed by atoms with Gasteiger partial charge >= 0.3 is 6.09 Å². The normalized spacial score (nSPS) is 20.2. The molecule has 0 aromatic heterocycles. The molecule has 0 spiro atoms. The minimum absolute atomic E-state index is 0.0412. The van der Waals surface area contributed by atoms with Gasteiger partial charge < -0.3 is 14.8 Å². The summed E-state index contributed by atoms with van der Waals surface area (Å²) >= 11 is 0. The van der Waals surface area contributed by atoms with E-state index in [0.29, 0.717) is 17.1 Å². The maximum atomic E-state index is 12.0. The van der Waals surface area contributed by atoms with E-state index in [0.717, 1.165) is 6.26 Å². The third-order valence-corrected chi connectivity index (χ3v) is 4.11. The summed E-state index contributed by atoms with van der Waals surface area (Å²) in [6, 6.07) is 4.98. The van der Waals surface area contributed by atoms with Crippen molar-refractivity contribution < 1.29 is 31.7 Å². The molecule has 2 amide bonds. The van der Waals surface area contributed by atoms with Crippen molar-refractivity contribution in [3.63, 3.8) is 0 Å². The van der Waals surface area contributed by atoms with Gasteiger partial charge in [-0.3, -0.25) is 13.9 Å². The fourth-order valence-corrected chi connectivity index (χ4v) is 2.85. The van der Waals surface area contributed by atoms with E-state index < -0.39 is 22.3 Å². The summed E-state index contributed by atoms with van der Waals surface area (Å²) in [5.74, 6) is 0.267. The van der Waals surface area contributed by atoms with E-state index >= 15 is 0 Å². The van der Waals surface area contributed by atoms with E-state index in [4.69, 9.17) is 9.47 Å². The third kappa shape index (κ3) is 3.77. The van der Waals surface area contributed by atoms with Crippen molar-refractivity contribution in [2.75, 3.05) is 36.2 Å². The molecule has 0 saturated carbocycles. The fraction of sp³-hybridized carbons (Fsp3) is 0.429. The number of hydrogen-bond donors (Lipinski definition) is 1. The van der Waals surface area contributed by atoms with Gasteiger partial charge in [-0.15, -0.1) is 0 Å². The summed E-state index contributed by atoms with van der Waals surface area (Å²) in [6.45, 7) is 0.165. The average Bonchev–Trinajstić information content (AvgIpc) is 2.86. The van der Waals surface area contributed by atoms with Crippen LogP contribution in [-0.4, -0.2) is 52.5 Å². The molecule has 3 rings (SSSR count). The minimum atomic E-state index is -3.52. The average molecular weight is 356 g/mol. The van der Waals surface area contributed by atoms with Crippen molar-refractivity contribution in [1.29, 1.82) is 0 Å². The molecule has 1 aromatic rings. The largest absolute Gasteiger partial charge is 0.482 e. The lowest BCUT2D eigenvalue weighted by molar-refractivity contribution is -0.118. The Kier molecular flexibility index (Phi) is 4.33. The zero-order chi connectivity index (χ0) is 17.3. The summed E-state index contributed by atoms with van der Waals surface area (Å²) in [6.07, 6.45) is 0.215. The summed E-state index contributed by atoms with van der Waals surface area (Å²) in [4.78, 5) is 24.8. The first-order valence-electron chi connectivity index (χ1n) is 7.21. The van der Waals surface area contributed by atoms with Gasteiger partial charge in [0.1, 0.15) is 11.9 Å². The number of ether oxygens (including phenoxy) is 2. The standard InChI is InChI=1S/C14H16N2O7S/c1-24(19,20)22-5-4-10-7-16(14(18)23-10)9-2-3-12-11(6-9)15-13(17)8-21-12/h2-3,6,10H,4-5,7-8H2,1H3,(H,15,17)/t10-/m0/s1. The first-order chi connectivity index (χ1) is 11.3. The summed E-state index contributed by atoms with van der Waals surface area (Å²) in [7, 11) is -3.52. The van der Waals surface area contributed by atoms with Crippen LogP contribution in [0.2, 0.25) is 0 Å². The van der Waals surface area contributed by atoms with Crippen LogP contribution >= 0.6 is 0 Å². The van der Waals surface area contributed by atoms with E-state index in [1.807, 2.05) is 0 Å². The highest BCUT2D eigenvalue weighted by molar-refractivity contribution is 7.85. The van der Waals surface area contributed by atoms with Gasteiger partial charge in [-0.25, -0.2) is 4.79 Å². The number of nitrogens with zero attached hydrogens (tertiary/aromatic N) is 1.